The van der Waals surface area contributed by atoms with Gasteiger partial charge in [0.05, 0.1) is 15.7 Å². The summed E-state index contributed by atoms with van der Waals surface area (Å²) >= 11 is 12.1. The second-order valence-corrected chi connectivity index (χ2v) is 8.15. The Morgan fingerprint density at radius 2 is 1.81 bits per heavy atom. The lowest BCUT2D eigenvalue weighted by Gasteiger charge is -2.10. The maximum atomic E-state index is 13.0. The number of para-hydroxylation sites is 1. The number of aromatic nitrogens is 3. The molecule has 0 fully saturated rings. The van der Waals surface area contributed by atoms with E-state index in [1.165, 1.54) is 23.7 Å². The molecule has 1 aromatic carbocycles. The van der Waals surface area contributed by atoms with Crippen molar-refractivity contribution in [1.29, 1.82) is 0 Å². The van der Waals surface area contributed by atoms with E-state index in [4.69, 9.17) is 23.2 Å². The van der Waals surface area contributed by atoms with Crippen LogP contribution in [0.25, 0.3) is 5.65 Å². The number of sulfonamides is 1. The van der Waals surface area contributed by atoms with E-state index in [0.717, 1.165) is 0 Å². The first-order chi connectivity index (χ1) is 12.7. The molecule has 0 aliphatic carbocycles. The van der Waals surface area contributed by atoms with Crippen LogP contribution in [0.1, 0.15) is 21.7 Å². The Kier molecular flexibility index (Phi) is 5.02. The maximum Gasteiger partial charge on any atom is 0.282 e. The second-order valence-electron chi connectivity index (χ2n) is 5.74. The second kappa shape index (κ2) is 6.99. The minimum atomic E-state index is -4.29. The minimum absolute atomic E-state index is 0.00149. The predicted molar refractivity (Wildman–Crippen MR) is 103 cm³/mol. The van der Waals surface area contributed by atoms with Gasteiger partial charge >= 0.3 is 0 Å². The number of halogens is 2. The minimum Gasteiger partial charge on any atom is -0.355 e. The Bertz CT molecular complexity index is 1150. The highest BCUT2D eigenvalue weighted by molar-refractivity contribution is 7.92. The van der Waals surface area contributed by atoms with Gasteiger partial charge in [0.15, 0.2) is 5.65 Å². The zero-order chi connectivity index (χ0) is 19.9. The van der Waals surface area contributed by atoms with Crippen molar-refractivity contribution >= 4 is 50.5 Å². The normalized spacial score (nSPS) is 11.6. The van der Waals surface area contributed by atoms with E-state index in [0.29, 0.717) is 11.4 Å². The largest absolute Gasteiger partial charge is 0.355 e. The molecule has 0 saturated heterocycles. The fraction of sp³-hybridized carbons (Fsp3) is 0.188. The summed E-state index contributed by atoms with van der Waals surface area (Å²) in [5.41, 5.74) is 1.22. The molecule has 0 aliphatic heterocycles. The van der Waals surface area contributed by atoms with Crippen molar-refractivity contribution in [2.24, 2.45) is 0 Å². The fourth-order valence-corrected chi connectivity index (χ4v) is 4.42. The lowest BCUT2D eigenvalue weighted by Crippen LogP contribution is -2.23. The smallest absolute Gasteiger partial charge is 0.282 e. The molecular formula is C16H15Cl2N5O3S. The third kappa shape index (κ3) is 3.45. The zero-order valence-electron chi connectivity index (χ0n) is 14.5. The third-order valence-corrected chi connectivity index (χ3v) is 5.67. The quantitative estimate of drug-likeness (QED) is 0.665. The van der Waals surface area contributed by atoms with Crippen LogP contribution in [0.4, 0.5) is 5.69 Å². The van der Waals surface area contributed by atoms with Gasteiger partial charge in [0.1, 0.15) is 5.56 Å². The lowest BCUT2D eigenvalue weighted by atomic mass is 10.3. The van der Waals surface area contributed by atoms with Crippen LogP contribution in [0.2, 0.25) is 10.0 Å². The van der Waals surface area contributed by atoms with E-state index in [-0.39, 0.29) is 26.9 Å². The molecular weight excluding hydrogens is 413 g/mol. The van der Waals surface area contributed by atoms with Crippen molar-refractivity contribution in [3.8, 4) is 0 Å². The molecule has 0 aliphatic rings. The highest BCUT2D eigenvalue weighted by atomic mass is 35.5. The van der Waals surface area contributed by atoms with Gasteiger partial charge in [-0.25, -0.2) is 9.50 Å². The number of rotatable bonds is 4. The molecule has 0 radical (unpaired) electrons. The molecule has 2 heterocycles. The summed E-state index contributed by atoms with van der Waals surface area (Å²) in [5, 5.41) is 6.28. The Morgan fingerprint density at radius 3 is 2.41 bits per heavy atom. The van der Waals surface area contributed by atoms with Gasteiger partial charge < -0.3 is 5.32 Å². The Hall–Kier alpha value is -2.36. The van der Waals surface area contributed by atoms with Gasteiger partial charge in [-0.3, -0.25) is 9.52 Å². The summed E-state index contributed by atoms with van der Waals surface area (Å²) in [6.07, 6.45) is 0. The number of hydrogen-bond donors (Lipinski definition) is 2. The number of hydrogen-bond acceptors (Lipinski definition) is 5. The van der Waals surface area contributed by atoms with Crippen LogP contribution in [-0.4, -0.2) is 36.0 Å². The standard InChI is InChI=1S/C16H15Cl2N5O3S/c1-8-7-9(2)23-14(20-8)12(15(24)19-3)16(21-23)27(25,26)22-13-10(17)5-4-6-11(13)18/h4-7,22H,1-3H3,(H,19,24). The number of nitrogens with zero attached hydrogens (tertiary/aromatic N) is 3. The van der Waals surface area contributed by atoms with E-state index < -0.39 is 21.0 Å². The summed E-state index contributed by atoms with van der Waals surface area (Å²) in [6.45, 7) is 3.47. The first-order valence-electron chi connectivity index (χ1n) is 7.71. The number of fused-ring (bicyclic) bond motifs is 1. The molecule has 0 atom stereocenters. The van der Waals surface area contributed by atoms with Crippen LogP contribution in [0.3, 0.4) is 0 Å². The van der Waals surface area contributed by atoms with Crippen molar-refractivity contribution in [3.63, 3.8) is 0 Å². The molecule has 2 aromatic heterocycles. The van der Waals surface area contributed by atoms with Gasteiger partial charge in [0.2, 0.25) is 5.03 Å². The van der Waals surface area contributed by atoms with Crippen molar-refractivity contribution < 1.29 is 13.2 Å². The average Bonchev–Trinajstić information content (AvgIpc) is 2.98. The van der Waals surface area contributed by atoms with Crippen LogP contribution in [0.5, 0.6) is 0 Å². The topological polar surface area (TPSA) is 105 Å². The summed E-state index contributed by atoms with van der Waals surface area (Å²) in [6, 6.07) is 6.29. The van der Waals surface area contributed by atoms with Crippen molar-refractivity contribution in [3.05, 3.63) is 51.3 Å². The monoisotopic (exact) mass is 427 g/mol. The van der Waals surface area contributed by atoms with Crippen molar-refractivity contribution in [2.75, 3.05) is 11.8 Å². The predicted octanol–water partition coefficient (Wildman–Crippen LogP) is 2.81. The number of nitrogens with one attached hydrogen (secondary N) is 2. The van der Waals surface area contributed by atoms with Crippen molar-refractivity contribution in [1.82, 2.24) is 19.9 Å². The summed E-state index contributed by atoms with van der Waals surface area (Å²) < 4.78 is 29.6. The molecule has 11 heteroatoms. The number of benzene rings is 1. The van der Waals surface area contributed by atoms with E-state index in [1.54, 1.807) is 26.0 Å². The van der Waals surface area contributed by atoms with Crippen LogP contribution < -0.4 is 10.0 Å². The lowest BCUT2D eigenvalue weighted by molar-refractivity contribution is 0.0961. The number of anilines is 1. The van der Waals surface area contributed by atoms with Gasteiger partial charge in [-0.1, -0.05) is 29.3 Å². The summed E-state index contributed by atoms with van der Waals surface area (Å²) in [5.74, 6) is -0.631. The van der Waals surface area contributed by atoms with Crippen LogP contribution in [0.15, 0.2) is 29.3 Å². The maximum absolute atomic E-state index is 13.0. The van der Waals surface area contributed by atoms with E-state index >= 15 is 0 Å². The summed E-state index contributed by atoms with van der Waals surface area (Å²) in [7, 11) is -2.90. The van der Waals surface area contributed by atoms with Crippen LogP contribution >= 0.6 is 23.2 Å². The fourth-order valence-electron chi connectivity index (χ4n) is 2.59. The highest BCUT2D eigenvalue weighted by Crippen LogP contribution is 2.32. The molecule has 0 saturated carbocycles. The molecule has 1 amide bonds. The van der Waals surface area contributed by atoms with E-state index in [2.05, 4.69) is 20.1 Å². The average molecular weight is 428 g/mol. The van der Waals surface area contributed by atoms with Gasteiger partial charge in [0.25, 0.3) is 15.9 Å². The Morgan fingerprint density at radius 1 is 1.19 bits per heavy atom. The first kappa shape index (κ1) is 19.4. The molecule has 0 spiro atoms. The molecule has 8 nitrogen and oxygen atoms in total. The number of aryl methyl sites for hydroxylation is 2. The Balaban J connectivity index is 2.26. The SMILES string of the molecule is CNC(=O)c1c(S(=O)(=O)Nc2c(Cl)cccc2Cl)nn2c(C)cc(C)nc12. The molecule has 3 aromatic rings. The van der Waals surface area contributed by atoms with E-state index in [9.17, 15) is 13.2 Å². The zero-order valence-corrected chi connectivity index (χ0v) is 16.9. The van der Waals surface area contributed by atoms with Crippen LogP contribution in [-0.2, 0) is 10.0 Å². The van der Waals surface area contributed by atoms with Crippen molar-refractivity contribution in [2.45, 2.75) is 18.9 Å². The molecule has 2 N–H and O–H groups in total. The molecule has 27 heavy (non-hydrogen) atoms. The highest BCUT2D eigenvalue weighted by Gasteiger charge is 2.31. The third-order valence-electron chi connectivity index (χ3n) is 3.77. The van der Waals surface area contributed by atoms with Gasteiger partial charge in [-0.05, 0) is 32.0 Å². The van der Waals surface area contributed by atoms with Crippen LogP contribution in [0, 0.1) is 13.8 Å². The molecule has 0 bridgehead atoms. The number of amides is 1. The Labute approximate surface area is 165 Å². The molecule has 0 unspecified atom stereocenters. The van der Waals surface area contributed by atoms with Gasteiger partial charge in [0, 0.05) is 18.4 Å². The molecule has 3 rings (SSSR count). The first-order valence-corrected chi connectivity index (χ1v) is 9.95. The molecule has 142 valence electrons. The van der Waals surface area contributed by atoms with Gasteiger partial charge in [-0.15, -0.1) is 0 Å². The number of carbonyl (C=O) groups is 1. The summed E-state index contributed by atoms with van der Waals surface area (Å²) in [4.78, 5) is 16.7. The van der Waals surface area contributed by atoms with Gasteiger partial charge in [-0.2, -0.15) is 13.5 Å². The number of carbonyl (C=O) groups excluding carboxylic acids is 1. The van der Waals surface area contributed by atoms with E-state index in [1.807, 2.05) is 0 Å².